The van der Waals surface area contributed by atoms with Crippen LogP contribution < -0.4 is 9.62 Å². The maximum Gasteiger partial charge on any atom is 0.264 e. The summed E-state index contributed by atoms with van der Waals surface area (Å²) in [7, 11) is -4.24. The Balaban J connectivity index is 1.80. The van der Waals surface area contributed by atoms with Crippen LogP contribution in [0.15, 0.2) is 114 Å². The lowest BCUT2D eigenvalue weighted by Crippen LogP contribution is -2.53. The lowest BCUT2D eigenvalue weighted by atomic mass is 10.0. The van der Waals surface area contributed by atoms with Gasteiger partial charge in [-0.3, -0.25) is 13.9 Å². The standard InChI is InChI=1S/C32H31Cl2N3O4S/c1-2-35-32(39)30(18-24-12-6-3-7-13-24)36(22-25-14-8-4-9-15-25)31(38)23-37(28-20-26(33)19-27(34)21-28)42(40,41)29-16-10-5-11-17-29/h3-17,19-21,30H,2,18,22-23H2,1H3,(H,35,39). The van der Waals surface area contributed by atoms with Crippen molar-refractivity contribution in [3.05, 3.63) is 130 Å². The number of halogens is 2. The van der Waals surface area contributed by atoms with E-state index in [1.54, 1.807) is 25.1 Å². The van der Waals surface area contributed by atoms with Crippen LogP contribution in [0.2, 0.25) is 10.0 Å². The Hall–Kier alpha value is -3.85. The molecule has 0 aromatic heterocycles. The third-order valence-corrected chi connectivity index (χ3v) is 8.79. The highest BCUT2D eigenvalue weighted by Crippen LogP contribution is 2.30. The monoisotopic (exact) mass is 623 g/mol. The van der Waals surface area contributed by atoms with E-state index in [4.69, 9.17) is 23.2 Å². The molecule has 7 nitrogen and oxygen atoms in total. The second-order valence-corrected chi connectivity index (χ2v) is 12.3. The molecule has 42 heavy (non-hydrogen) atoms. The summed E-state index contributed by atoms with van der Waals surface area (Å²) in [5, 5.41) is 3.27. The Morgan fingerprint density at radius 2 is 1.31 bits per heavy atom. The normalized spacial score (nSPS) is 11.9. The van der Waals surface area contributed by atoms with Crippen molar-refractivity contribution in [3.63, 3.8) is 0 Å². The predicted molar refractivity (Wildman–Crippen MR) is 167 cm³/mol. The fraction of sp³-hybridized carbons (Fsp3) is 0.188. The van der Waals surface area contributed by atoms with E-state index in [1.165, 1.54) is 35.2 Å². The Morgan fingerprint density at radius 3 is 1.86 bits per heavy atom. The first-order valence-electron chi connectivity index (χ1n) is 13.4. The summed E-state index contributed by atoms with van der Waals surface area (Å²) in [6, 6.07) is 29.9. The third kappa shape index (κ3) is 7.91. The molecule has 4 aromatic rings. The molecule has 1 unspecified atom stereocenters. The smallest absolute Gasteiger partial charge is 0.264 e. The molecule has 218 valence electrons. The average molecular weight is 625 g/mol. The molecule has 0 fully saturated rings. The molecule has 0 heterocycles. The number of carbonyl (C=O) groups is 2. The molecular formula is C32H31Cl2N3O4S. The average Bonchev–Trinajstić information content (AvgIpc) is 2.98. The van der Waals surface area contributed by atoms with Gasteiger partial charge in [0.05, 0.1) is 10.6 Å². The molecule has 0 spiro atoms. The zero-order chi connectivity index (χ0) is 30.1. The number of hydrogen-bond acceptors (Lipinski definition) is 4. The second-order valence-electron chi connectivity index (χ2n) is 9.56. The van der Waals surface area contributed by atoms with Gasteiger partial charge in [0.25, 0.3) is 10.0 Å². The molecule has 2 amide bonds. The number of nitrogens with zero attached hydrogens (tertiary/aromatic N) is 2. The van der Waals surface area contributed by atoms with Crippen molar-refractivity contribution in [2.24, 2.45) is 0 Å². The van der Waals surface area contributed by atoms with Crippen molar-refractivity contribution in [3.8, 4) is 0 Å². The minimum atomic E-state index is -4.24. The van der Waals surface area contributed by atoms with E-state index in [9.17, 15) is 18.0 Å². The van der Waals surface area contributed by atoms with Crippen LogP contribution in [0.25, 0.3) is 0 Å². The number of amides is 2. The minimum Gasteiger partial charge on any atom is -0.355 e. The number of likely N-dealkylation sites (N-methyl/N-ethyl adjacent to an activating group) is 1. The van der Waals surface area contributed by atoms with Gasteiger partial charge in [0, 0.05) is 29.6 Å². The molecule has 10 heteroatoms. The first kappa shape index (κ1) is 31.1. The number of hydrogen-bond donors (Lipinski definition) is 1. The molecule has 0 radical (unpaired) electrons. The molecule has 0 aliphatic heterocycles. The van der Waals surface area contributed by atoms with Crippen molar-refractivity contribution in [2.45, 2.75) is 30.8 Å². The minimum absolute atomic E-state index is 0.00642. The molecule has 0 saturated carbocycles. The topological polar surface area (TPSA) is 86.8 Å². The summed E-state index contributed by atoms with van der Waals surface area (Å²) < 4.78 is 28.9. The van der Waals surface area contributed by atoms with Gasteiger partial charge in [0.2, 0.25) is 11.8 Å². The number of carbonyl (C=O) groups excluding carboxylic acids is 2. The van der Waals surface area contributed by atoms with Gasteiger partial charge in [0.1, 0.15) is 12.6 Å². The van der Waals surface area contributed by atoms with Gasteiger partial charge >= 0.3 is 0 Å². The fourth-order valence-electron chi connectivity index (χ4n) is 4.56. The zero-order valence-corrected chi connectivity index (χ0v) is 25.3. The molecule has 0 aliphatic rings. The predicted octanol–water partition coefficient (Wildman–Crippen LogP) is 5.96. The van der Waals surface area contributed by atoms with Gasteiger partial charge in [0.15, 0.2) is 0 Å². The Labute approximate surface area is 256 Å². The van der Waals surface area contributed by atoms with Crippen molar-refractivity contribution >= 4 is 50.7 Å². The first-order valence-corrected chi connectivity index (χ1v) is 15.6. The van der Waals surface area contributed by atoms with Crippen LogP contribution in [-0.2, 0) is 32.6 Å². The highest BCUT2D eigenvalue weighted by atomic mass is 35.5. The second kappa shape index (κ2) is 14.4. The van der Waals surface area contributed by atoms with Crippen molar-refractivity contribution in [1.29, 1.82) is 0 Å². The third-order valence-electron chi connectivity index (χ3n) is 6.56. The van der Waals surface area contributed by atoms with Crippen LogP contribution in [0.4, 0.5) is 5.69 Å². The quantitative estimate of drug-likeness (QED) is 0.211. The van der Waals surface area contributed by atoms with E-state index in [-0.39, 0.29) is 39.5 Å². The number of nitrogens with one attached hydrogen (secondary N) is 1. The Kier molecular flexibility index (Phi) is 10.6. The van der Waals surface area contributed by atoms with Crippen LogP contribution >= 0.6 is 23.2 Å². The van der Waals surface area contributed by atoms with Gasteiger partial charge < -0.3 is 10.2 Å². The number of sulfonamides is 1. The Bertz CT molecular complexity index is 1580. The maximum absolute atomic E-state index is 14.3. The highest BCUT2D eigenvalue weighted by Gasteiger charge is 2.34. The van der Waals surface area contributed by atoms with E-state index in [2.05, 4.69) is 5.32 Å². The van der Waals surface area contributed by atoms with E-state index in [0.29, 0.717) is 6.54 Å². The Morgan fingerprint density at radius 1 is 0.786 bits per heavy atom. The lowest BCUT2D eigenvalue weighted by Gasteiger charge is -2.34. The molecule has 0 aliphatic carbocycles. The van der Waals surface area contributed by atoms with Crippen molar-refractivity contribution in [2.75, 3.05) is 17.4 Å². The van der Waals surface area contributed by atoms with E-state index < -0.39 is 28.5 Å². The summed E-state index contributed by atoms with van der Waals surface area (Å²) in [6.07, 6.45) is 0.236. The van der Waals surface area contributed by atoms with E-state index >= 15 is 0 Å². The zero-order valence-electron chi connectivity index (χ0n) is 23.0. The first-order chi connectivity index (χ1) is 20.2. The van der Waals surface area contributed by atoms with E-state index in [0.717, 1.165) is 15.4 Å². The van der Waals surface area contributed by atoms with Crippen LogP contribution in [0.5, 0.6) is 0 Å². The molecule has 0 saturated heterocycles. The van der Waals surface area contributed by atoms with E-state index in [1.807, 2.05) is 60.7 Å². The largest absolute Gasteiger partial charge is 0.355 e. The maximum atomic E-state index is 14.3. The van der Waals surface area contributed by atoms with Crippen LogP contribution in [0.3, 0.4) is 0 Å². The number of anilines is 1. The van der Waals surface area contributed by atoms with Crippen molar-refractivity contribution < 1.29 is 18.0 Å². The lowest BCUT2D eigenvalue weighted by molar-refractivity contribution is -0.140. The van der Waals surface area contributed by atoms with Gasteiger partial charge in [-0.1, -0.05) is 102 Å². The number of benzene rings is 4. The summed E-state index contributed by atoms with van der Waals surface area (Å²) in [4.78, 5) is 29.2. The van der Waals surface area contributed by atoms with Gasteiger partial charge in [-0.05, 0) is 48.4 Å². The van der Waals surface area contributed by atoms with Crippen LogP contribution in [-0.4, -0.2) is 44.3 Å². The van der Waals surface area contributed by atoms with Crippen LogP contribution in [0.1, 0.15) is 18.1 Å². The highest BCUT2D eigenvalue weighted by molar-refractivity contribution is 7.92. The van der Waals surface area contributed by atoms with Crippen molar-refractivity contribution in [1.82, 2.24) is 10.2 Å². The summed E-state index contributed by atoms with van der Waals surface area (Å²) in [5.41, 5.74) is 1.77. The van der Waals surface area contributed by atoms with Gasteiger partial charge in [-0.25, -0.2) is 8.42 Å². The molecule has 0 bridgehead atoms. The summed E-state index contributed by atoms with van der Waals surface area (Å²) in [6.45, 7) is 1.67. The molecule has 1 atom stereocenters. The molecule has 4 rings (SSSR count). The summed E-state index contributed by atoms with van der Waals surface area (Å²) in [5.74, 6) is -0.907. The summed E-state index contributed by atoms with van der Waals surface area (Å²) >= 11 is 12.5. The van der Waals surface area contributed by atoms with Crippen LogP contribution in [0, 0.1) is 0 Å². The number of rotatable bonds is 12. The molecular weight excluding hydrogens is 593 g/mol. The fourth-order valence-corrected chi connectivity index (χ4v) is 6.49. The SMILES string of the molecule is CCNC(=O)C(Cc1ccccc1)N(Cc1ccccc1)C(=O)CN(c1cc(Cl)cc(Cl)c1)S(=O)(=O)c1ccccc1. The molecule has 1 N–H and O–H groups in total. The molecule has 4 aromatic carbocycles. The van der Waals surface area contributed by atoms with Gasteiger partial charge in [-0.15, -0.1) is 0 Å². The van der Waals surface area contributed by atoms with Gasteiger partial charge in [-0.2, -0.15) is 0 Å².